The molecule has 1 saturated heterocycles. The van der Waals surface area contributed by atoms with Gasteiger partial charge in [0.1, 0.15) is 0 Å². The Labute approximate surface area is 231 Å². The van der Waals surface area contributed by atoms with Gasteiger partial charge in [-0.15, -0.1) is 0 Å². The number of ether oxygens (including phenoxy) is 7. The maximum Gasteiger partial charge on any atom is 0.338 e. The molecule has 0 bridgehead atoms. The number of carbonyl (C=O) groups is 1. The average Bonchev–Trinajstić information content (AvgIpc) is 2.98. The van der Waals surface area contributed by atoms with Crippen molar-refractivity contribution in [1.29, 1.82) is 0 Å². The first-order valence-electron chi connectivity index (χ1n) is 13.2. The van der Waals surface area contributed by atoms with Crippen LogP contribution < -0.4 is 28.4 Å². The fourth-order valence-corrected chi connectivity index (χ4v) is 4.76. The summed E-state index contributed by atoms with van der Waals surface area (Å²) in [6, 6.07) is 7.25. The third kappa shape index (κ3) is 8.06. The molecule has 1 fully saturated rings. The van der Waals surface area contributed by atoms with E-state index in [4.69, 9.17) is 33.2 Å². The zero-order valence-corrected chi connectivity index (χ0v) is 24.0. The van der Waals surface area contributed by atoms with Gasteiger partial charge in [-0.3, -0.25) is 0 Å². The van der Waals surface area contributed by atoms with Crippen LogP contribution in [0.5, 0.6) is 34.5 Å². The lowest BCUT2D eigenvalue weighted by atomic mass is 10.1. The highest BCUT2D eigenvalue weighted by molar-refractivity contribution is 5.91. The van der Waals surface area contributed by atoms with E-state index in [1.807, 2.05) is 12.1 Å². The molecule has 0 saturated carbocycles. The summed E-state index contributed by atoms with van der Waals surface area (Å²) in [5, 5.41) is 0. The summed E-state index contributed by atoms with van der Waals surface area (Å²) in [5.74, 6) is 2.87. The summed E-state index contributed by atoms with van der Waals surface area (Å²) in [6.45, 7) is 6.35. The van der Waals surface area contributed by atoms with Gasteiger partial charge >= 0.3 is 5.97 Å². The number of esters is 1. The summed E-state index contributed by atoms with van der Waals surface area (Å²) in [4.78, 5) is 17.5. The summed E-state index contributed by atoms with van der Waals surface area (Å²) in [7, 11) is 9.45. The normalized spacial score (nSPS) is 14.0. The number of aryl methyl sites for hydroxylation is 1. The maximum absolute atomic E-state index is 12.6. The van der Waals surface area contributed by atoms with Crippen molar-refractivity contribution in [3.63, 3.8) is 0 Å². The highest BCUT2D eigenvalue weighted by Crippen LogP contribution is 2.39. The highest BCUT2D eigenvalue weighted by atomic mass is 16.5. The Morgan fingerprint density at radius 1 is 0.641 bits per heavy atom. The molecule has 10 nitrogen and oxygen atoms in total. The second-order valence-electron chi connectivity index (χ2n) is 9.22. The molecule has 0 aliphatic carbocycles. The van der Waals surface area contributed by atoms with Crippen LogP contribution in [0.1, 0.15) is 28.8 Å². The molecule has 39 heavy (non-hydrogen) atoms. The van der Waals surface area contributed by atoms with Gasteiger partial charge in [0.15, 0.2) is 23.0 Å². The Hall–Kier alpha value is -3.37. The Morgan fingerprint density at radius 3 is 1.51 bits per heavy atom. The zero-order valence-electron chi connectivity index (χ0n) is 24.0. The molecule has 10 heteroatoms. The number of carbonyl (C=O) groups excluding carboxylic acids is 1. The van der Waals surface area contributed by atoms with Gasteiger partial charge in [0.2, 0.25) is 11.5 Å². The van der Waals surface area contributed by atoms with Crippen molar-refractivity contribution >= 4 is 5.97 Å². The van der Waals surface area contributed by atoms with Crippen LogP contribution in [0.15, 0.2) is 24.3 Å². The minimum Gasteiger partial charge on any atom is -0.493 e. The predicted octanol–water partition coefficient (Wildman–Crippen LogP) is 3.54. The van der Waals surface area contributed by atoms with Crippen molar-refractivity contribution in [2.45, 2.75) is 19.3 Å². The van der Waals surface area contributed by atoms with E-state index in [2.05, 4.69) is 9.80 Å². The van der Waals surface area contributed by atoms with Gasteiger partial charge in [-0.05, 0) is 55.6 Å². The van der Waals surface area contributed by atoms with Crippen molar-refractivity contribution in [3.8, 4) is 34.5 Å². The standard InChI is InChI=1S/C29H42N2O8/c1-33-23-17-21(18-24(34-2)27(23)37-5)9-7-10-30-12-14-31(15-13-30)11-8-16-39-29(32)22-19-25(35-3)28(38-6)26(20-22)36-4/h17-20H,7-16H2,1-6H3. The monoisotopic (exact) mass is 546 g/mol. The average molecular weight is 547 g/mol. The number of nitrogens with zero attached hydrogens (tertiary/aromatic N) is 2. The van der Waals surface area contributed by atoms with Gasteiger partial charge in [-0.1, -0.05) is 0 Å². The first-order chi connectivity index (χ1) is 19.0. The van der Waals surface area contributed by atoms with E-state index in [1.54, 1.807) is 33.5 Å². The maximum atomic E-state index is 12.6. The molecule has 0 N–H and O–H groups in total. The number of rotatable bonds is 15. The summed E-state index contributed by atoms with van der Waals surface area (Å²) < 4.78 is 37.8. The van der Waals surface area contributed by atoms with Gasteiger partial charge < -0.3 is 43.0 Å². The van der Waals surface area contributed by atoms with Gasteiger partial charge in [0.25, 0.3) is 0 Å². The van der Waals surface area contributed by atoms with E-state index in [0.717, 1.165) is 58.5 Å². The Bertz CT molecular complexity index is 1020. The van der Waals surface area contributed by atoms with E-state index >= 15 is 0 Å². The van der Waals surface area contributed by atoms with Gasteiger partial charge in [0, 0.05) is 32.7 Å². The van der Waals surface area contributed by atoms with Crippen LogP contribution in [0.2, 0.25) is 0 Å². The van der Waals surface area contributed by atoms with Crippen molar-refractivity contribution in [2.75, 3.05) is 88.5 Å². The van der Waals surface area contributed by atoms with Gasteiger partial charge in [-0.25, -0.2) is 4.79 Å². The van der Waals surface area contributed by atoms with Crippen LogP contribution in [-0.4, -0.2) is 104 Å². The molecular formula is C29H42N2O8. The molecule has 0 spiro atoms. The largest absolute Gasteiger partial charge is 0.493 e. The first kappa shape index (κ1) is 30.2. The SMILES string of the molecule is COc1cc(CCCN2CCN(CCCOC(=O)c3cc(OC)c(OC)c(OC)c3)CC2)cc(OC)c1OC. The summed E-state index contributed by atoms with van der Waals surface area (Å²) in [6.07, 6.45) is 2.76. The van der Waals surface area contributed by atoms with Crippen LogP contribution in [0.3, 0.4) is 0 Å². The topological polar surface area (TPSA) is 88.2 Å². The molecule has 0 amide bonds. The summed E-state index contributed by atoms with van der Waals surface area (Å²) >= 11 is 0. The second-order valence-corrected chi connectivity index (χ2v) is 9.22. The third-order valence-corrected chi connectivity index (χ3v) is 6.88. The minimum atomic E-state index is -0.411. The van der Waals surface area contributed by atoms with E-state index in [9.17, 15) is 4.79 Å². The lowest BCUT2D eigenvalue weighted by Gasteiger charge is -2.34. The van der Waals surface area contributed by atoms with Gasteiger partial charge in [-0.2, -0.15) is 0 Å². The molecule has 2 aromatic carbocycles. The van der Waals surface area contributed by atoms with Crippen LogP contribution in [0.25, 0.3) is 0 Å². The number of benzene rings is 2. The number of hydrogen-bond acceptors (Lipinski definition) is 10. The lowest BCUT2D eigenvalue weighted by Crippen LogP contribution is -2.46. The number of hydrogen-bond donors (Lipinski definition) is 0. The lowest BCUT2D eigenvalue weighted by molar-refractivity contribution is 0.0475. The molecule has 3 rings (SSSR count). The molecule has 2 aromatic rings. The fraction of sp³-hybridized carbons (Fsp3) is 0.552. The molecule has 1 aliphatic heterocycles. The van der Waals surface area contributed by atoms with Crippen LogP contribution in [-0.2, 0) is 11.2 Å². The summed E-state index contributed by atoms with van der Waals surface area (Å²) in [5.41, 5.74) is 1.54. The van der Waals surface area contributed by atoms with Crippen LogP contribution >= 0.6 is 0 Å². The quantitative estimate of drug-likeness (QED) is 0.244. The molecule has 216 valence electrons. The van der Waals surface area contributed by atoms with E-state index in [-0.39, 0.29) is 0 Å². The predicted molar refractivity (Wildman–Crippen MR) is 148 cm³/mol. The molecule has 0 aromatic heterocycles. The number of piperazine rings is 1. The molecule has 0 unspecified atom stereocenters. The third-order valence-electron chi connectivity index (χ3n) is 6.88. The smallest absolute Gasteiger partial charge is 0.338 e. The number of methoxy groups -OCH3 is 6. The van der Waals surface area contributed by atoms with Crippen LogP contribution in [0.4, 0.5) is 0 Å². The first-order valence-corrected chi connectivity index (χ1v) is 13.2. The van der Waals surface area contributed by atoms with Crippen molar-refractivity contribution in [1.82, 2.24) is 9.80 Å². The molecule has 0 radical (unpaired) electrons. The molecular weight excluding hydrogens is 504 g/mol. The Balaban J connectivity index is 1.36. The van der Waals surface area contributed by atoms with Crippen LogP contribution in [0, 0.1) is 0 Å². The van der Waals surface area contributed by atoms with E-state index < -0.39 is 5.97 Å². The highest BCUT2D eigenvalue weighted by Gasteiger charge is 2.19. The van der Waals surface area contributed by atoms with Crippen molar-refractivity contribution in [3.05, 3.63) is 35.4 Å². The van der Waals surface area contributed by atoms with Crippen molar-refractivity contribution < 1.29 is 38.0 Å². The fourth-order valence-electron chi connectivity index (χ4n) is 4.76. The Kier molecular flexibility index (Phi) is 11.8. The second kappa shape index (κ2) is 15.3. The van der Waals surface area contributed by atoms with E-state index in [0.29, 0.717) is 46.7 Å². The zero-order chi connectivity index (χ0) is 28.2. The minimum absolute atomic E-state index is 0.352. The Morgan fingerprint density at radius 2 is 1.08 bits per heavy atom. The van der Waals surface area contributed by atoms with Gasteiger partial charge in [0.05, 0.1) is 54.8 Å². The van der Waals surface area contributed by atoms with E-state index in [1.165, 1.54) is 26.9 Å². The van der Waals surface area contributed by atoms with Crippen molar-refractivity contribution in [2.24, 2.45) is 0 Å². The molecule has 1 heterocycles. The molecule has 1 aliphatic rings. The molecule has 0 atom stereocenters.